The molecule has 0 amide bonds. The van der Waals surface area contributed by atoms with Gasteiger partial charge in [0, 0.05) is 36.9 Å². The number of piperazine rings is 1. The molecule has 0 aromatic heterocycles. The summed E-state index contributed by atoms with van der Waals surface area (Å²) in [4.78, 5) is 4.98. The highest BCUT2D eigenvalue weighted by atomic mass is 15.3. The van der Waals surface area contributed by atoms with E-state index in [2.05, 4.69) is 61.9 Å². The van der Waals surface area contributed by atoms with Crippen molar-refractivity contribution >= 4 is 5.69 Å². The zero-order valence-electron chi connectivity index (χ0n) is 12.6. The van der Waals surface area contributed by atoms with Crippen LogP contribution in [0, 0.1) is 0 Å². The minimum absolute atomic E-state index is 0.212. The zero-order chi connectivity index (χ0) is 14.0. The fraction of sp³-hybridized carbons (Fsp3) is 0.625. The lowest BCUT2D eigenvalue weighted by atomic mass is 10.0. The lowest BCUT2D eigenvalue weighted by Gasteiger charge is -2.44. The molecule has 1 heterocycles. The van der Waals surface area contributed by atoms with Gasteiger partial charge >= 0.3 is 0 Å². The standard InChI is InChI=1S/C16H27N3/c1-12(17)9-15-7-5-6-8-16(15)19-10-13(2)18(4)14(3)11-19/h5-8,12-14H,9-11,17H2,1-4H3. The highest BCUT2D eigenvalue weighted by Gasteiger charge is 2.27. The Kier molecular flexibility index (Phi) is 4.48. The molecule has 0 spiro atoms. The maximum Gasteiger partial charge on any atom is 0.0400 e. The third-order valence-corrected chi connectivity index (χ3v) is 4.23. The lowest BCUT2D eigenvalue weighted by Crippen LogP contribution is -2.55. The highest BCUT2D eigenvalue weighted by Crippen LogP contribution is 2.25. The number of rotatable bonds is 3. The molecule has 1 aliphatic heterocycles. The second kappa shape index (κ2) is 5.93. The van der Waals surface area contributed by atoms with Gasteiger partial charge in [-0.3, -0.25) is 4.90 Å². The normalized spacial score (nSPS) is 26.5. The molecule has 0 aliphatic carbocycles. The van der Waals surface area contributed by atoms with E-state index in [0.717, 1.165) is 19.5 Å². The van der Waals surface area contributed by atoms with E-state index in [9.17, 15) is 0 Å². The summed E-state index contributed by atoms with van der Waals surface area (Å²) in [6, 6.07) is 10.1. The largest absolute Gasteiger partial charge is 0.368 e. The van der Waals surface area contributed by atoms with Gasteiger partial charge in [-0.25, -0.2) is 0 Å². The molecule has 3 unspecified atom stereocenters. The van der Waals surface area contributed by atoms with Crippen LogP contribution >= 0.6 is 0 Å². The number of nitrogens with zero attached hydrogens (tertiary/aromatic N) is 2. The summed E-state index contributed by atoms with van der Waals surface area (Å²) < 4.78 is 0. The number of likely N-dealkylation sites (N-methyl/N-ethyl adjacent to an activating group) is 1. The molecule has 0 saturated carbocycles. The first-order valence-electron chi connectivity index (χ1n) is 7.29. The summed E-state index contributed by atoms with van der Waals surface area (Å²) in [5.41, 5.74) is 8.72. The van der Waals surface area contributed by atoms with Crippen LogP contribution in [0.1, 0.15) is 26.3 Å². The Labute approximate surface area is 117 Å². The summed E-state index contributed by atoms with van der Waals surface area (Å²) in [6.45, 7) is 8.87. The van der Waals surface area contributed by atoms with Gasteiger partial charge < -0.3 is 10.6 Å². The van der Waals surface area contributed by atoms with E-state index in [-0.39, 0.29) is 6.04 Å². The average molecular weight is 261 g/mol. The molecular formula is C16H27N3. The van der Waals surface area contributed by atoms with Crippen molar-refractivity contribution in [2.45, 2.75) is 45.3 Å². The topological polar surface area (TPSA) is 32.5 Å². The predicted molar refractivity (Wildman–Crippen MR) is 82.7 cm³/mol. The van der Waals surface area contributed by atoms with Crippen LogP contribution in [-0.4, -0.2) is 43.2 Å². The first-order chi connectivity index (χ1) is 8.99. The smallest absolute Gasteiger partial charge is 0.0400 e. The number of anilines is 1. The molecule has 3 atom stereocenters. The van der Waals surface area contributed by atoms with Gasteiger partial charge in [0.1, 0.15) is 0 Å². The van der Waals surface area contributed by atoms with E-state index in [1.165, 1.54) is 11.3 Å². The van der Waals surface area contributed by atoms with Gasteiger partial charge in [-0.15, -0.1) is 0 Å². The first kappa shape index (κ1) is 14.4. The Hall–Kier alpha value is -1.06. The molecule has 2 N–H and O–H groups in total. The molecular weight excluding hydrogens is 234 g/mol. The molecule has 3 nitrogen and oxygen atoms in total. The van der Waals surface area contributed by atoms with Gasteiger partial charge in [-0.2, -0.15) is 0 Å². The highest BCUT2D eigenvalue weighted by molar-refractivity contribution is 5.54. The van der Waals surface area contributed by atoms with Crippen LogP contribution in [0.5, 0.6) is 0 Å². The maximum atomic E-state index is 5.97. The van der Waals surface area contributed by atoms with Crippen LogP contribution in [0.4, 0.5) is 5.69 Å². The second-order valence-electron chi connectivity index (χ2n) is 6.08. The fourth-order valence-electron chi connectivity index (χ4n) is 2.94. The molecule has 0 bridgehead atoms. The minimum Gasteiger partial charge on any atom is -0.368 e. The summed E-state index contributed by atoms with van der Waals surface area (Å²) in [6.07, 6.45) is 0.950. The molecule has 1 fully saturated rings. The van der Waals surface area contributed by atoms with Crippen LogP contribution < -0.4 is 10.6 Å². The summed E-state index contributed by atoms with van der Waals surface area (Å²) in [5, 5.41) is 0. The molecule has 106 valence electrons. The molecule has 1 aromatic rings. The third kappa shape index (κ3) is 3.28. The van der Waals surface area contributed by atoms with Crippen LogP contribution in [0.25, 0.3) is 0 Å². The van der Waals surface area contributed by atoms with Crippen molar-refractivity contribution in [3.63, 3.8) is 0 Å². The van der Waals surface area contributed by atoms with E-state index >= 15 is 0 Å². The minimum atomic E-state index is 0.212. The first-order valence-corrected chi connectivity index (χ1v) is 7.29. The molecule has 3 heteroatoms. The number of hydrogen-bond acceptors (Lipinski definition) is 3. The van der Waals surface area contributed by atoms with Crippen molar-refractivity contribution in [1.82, 2.24) is 4.90 Å². The molecule has 1 aromatic carbocycles. The van der Waals surface area contributed by atoms with Crippen molar-refractivity contribution in [3.8, 4) is 0 Å². The van der Waals surface area contributed by atoms with E-state index in [4.69, 9.17) is 5.73 Å². The van der Waals surface area contributed by atoms with E-state index in [1.807, 2.05) is 0 Å². The summed E-state index contributed by atoms with van der Waals surface area (Å²) >= 11 is 0. The van der Waals surface area contributed by atoms with E-state index in [1.54, 1.807) is 0 Å². The second-order valence-corrected chi connectivity index (χ2v) is 6.08. The number of hydrogen-bond donors (Lipinski definition) is 1. The van der Waals surface area contributed by atoms with Gasteiger partial charge in [0.2, 0.25) is 0 Å². The SMILES string of the molecule is CC(N)Cc1ccccc1N1CC(C)N(C)C(C)C1. The molecule has 19 heavy (non-hydrogen) atoms. The monoisotopic (exact) mass is 261 g/mol. The van der Waals surface area contributed by atoms with Gasteiger partial charge in [-0.05, 0) is 45.9 Å². The van der Waals surface area contributed by atoms with Crippen LogP contribution in [0.2, 0.25) is 0 Å². The maximum absolute atomic E-state index is 5.97. The van der Waals surface area contributed by atoms with Gasteiger partial charge in [0.25, 0.3) is 0 Å². The van der Waals surface area contributed by atoms with Crippen molar-refractivity contribution in [3.05, 3.63) is 29.8 Å². The Bertz CT molecular complexity index is 404. The van der Waals surface area contributed by atoms with Gasteiger partial charge in [-0.1, -0.05) is 18.2 Å². The number of benzene rings is 1. The molecule has 1 aliphatic rings. The average Bonchev–Trinajstić information content (AvgIpc) is 2.35. The number of nitrogens with two attached hydrogens (primary N) is 1. The molecule has 2 rings (SSSR count). The van der Waals surface area contributed by atoms with E-state index in [0.29, 0.717) is 12.1 Å². The Balaban J connectivity index is 2.22. The Morgan fingerprint density at radius 2 is 1.79 bits per heavy atom. The Morgan fingerprint density at radius 3 is 2.37 bits per heavy atom. The van der Waals surface area contributed by atoms with Crippen LogP contribution in [0.15, 0.2) is 24.3 Å². The fourth-order valence-corrected chi connectivity index (χ4v) is 2.94. The van der Waals surface area contributed by atoms with E-state index < -0.39 is 0 Å². The van der Waals surface area contributed by atoms with Gasteiger partial charge in [0.05, 0.1) is 0 Å². The summed E-state index contributed by atoms with van der Waals surface area (Å²) in [5.74, 6) is 0. The summed E-state index contributed by atoms with van der Waals surface area (Å²) in [7, 11) is 2.22. The van der Waals surface area contributed by atoms with Crippen molar-refractivity contribution in [1.29, 1.82) is 0 Å². The van der Waals surface area contributed by atoms with Gasteiger partial charge in [0.15, 0.2) is 0 Å². The van der Waals surface area contributed by atoms with Crippen molar-refractivity contribution in [2.75, 3.05) is 25.0 Å². The third-order valence-electron chi connectivity index (χ3n) is 4.23. The predicted octanol–water partition coefficient (Wildman–Crippen LogP) is 2.11. The molecule has 0 radical (unpaired) electrons. The van der Waals surface area contributed by atoms with Crippen molar-refractivity contribution in [2.24, 2.45) is 5.73 Å². The van der Waals surface area contributed by atoms with Crippen LogP contribution in [-0.2, 0) is 6.42 Å². The number of para-hydroxylation sites is 1. The molecule has 1 saturated heterocycles. The quantitative estimate of drug-likeness (QED) is 0.904. The van der Waals surface area contributed by atoms with Crippen molar-refractivity contribution < 1.29 is 0 Å². The zero-order valence-corrected chi connectivity index (χ0v) is 12.6. The Morgan fingerprint density at radius 1 is 1.21 bits per heavy atom. The lowest BCUT2D eigenvalue weighted by molar-refractivity contribution is 0.170. The van der Waals surface area contributed by atoms with Crippen LogP contribution in [0.3, 0.4) is 0 Å².